The lowest BCUT2D eigenvalue weighted by molar-refractivity contribution is -0.118. The molecule has 0 aliphatic carbocycles. The van der Waals surface area contributed by atoms with Crippen molar-refractivity contribution < 1.29 is 4.79 Å². The maximum absolute atomic E-state index is 12.2. The Morgan fingerprint density at radius 1 is 1.20 bits per heavy atom. The summed E-state index contributed by atoms with van der Waals surface area (Å²) in [7, 11) is 0. The van der Waals surface area contributed by atoms with Gasteiger partial charge in [0.2, 0.25) is 11.0 Å². The third kappa shape index (κ3) is 7.30. The van der Waals surface area contributed by atoms with Crippen LogP contribution < -0.4 is 15.5 Å². The van der Waals surface area contributed by atoms with Crippen LogP contribution in [0.15, 0.2) is 46.1 Å². The Morgan fingerprint density at radius 2 is 2.10 bits per heavy atom. The zero-order chi connectivity index (χ0) is 21.2. The van der Waals surface area contributed by atoms with Gasteiger partial charge in [-0.2, -0.15) is 0 Å². The molecule has 0 atom stereocenters. The van der Waals surface area contributed by atoms with Crippen LogP contribution in [-0.2, 0) is 11.2 Å². The predicted molar refractivity (Wildman–Crippen MR) is 129 cm³/mol. The molecule has 3 rings (SSSR count). The topological polar surface area (TPSA) is 70.2 Å². The number of aryl methyl sites for hydroxylation is 1. The summed E-state index contributed by atoms with van der Waals surface area (Å²) >= 11 is 4.67. The Labute approximate surface area is 190 Å². The van der Waals surface area contributed by atoms with Crippen LogP contribution in [0.4, 0.5) is 10.8 Å². The van der Waals surface area contributed by atoms with Gasteiger partial charge in [0.1, 0.15) is 0 Å². The van der Waals surface area contributed by atoms with Crippen molar-refractivity contribution in [1.29, 1.82) is 0 Å². The molecule has 1 amide bonds. The highest BCUT2D eigenvalue weighted by Gasteiger charge is 2.09. The number of amides is 1. The van der Waals surface area contributed by atoms with Crippen molar-refractivity contribution in [2.75, 3.05) is 42.1 Å². The molecule has 30 heavy (non-hydrogen) atoms. The van der Waals surface area contributed by atoms with Gasteiger partial charge in [-0.15, -0.1) is 21.5 Å². The molecule has 0 aliphatic heterocycles. The summed E-state index contributed by atoms with van der Waals surface area (Å²) in [4.78, 5) is 15.8. The van der Waals surface area contributed by atoms with Crippen molar-refractivity contribution in [2.45, 2.75) is 24.6 Å². The zero-order valence-electron chi connectivity index (χ0n) is 17.3. The van der Waals surface area contributed by atoms with Gasteiger partial charge < -0.3 is 15.5 Å². The number of aromatic nitrogens is 2. The molecule has 0 bridgehead atoms. The van der Waals surface area contributed by atoms with Gasteiger partial charge in [0.05, 0.1) is 5.75 Å². The van der Waals surface area contributed by atoms with Gasteiger partial charge in [-0.05, 0) is 49.4 Å². The van der Waals surface area contributed by atoms with Crippen molar-refractivity contribution in [3.63, 3.8) is 0 Å². The van der Waals surface area contributed by atoms with Gasteiger partial charge in [-0.25, -0.2) is 0 Å². The van der Waals surface area contributed by atoms with E-state index >= 15 is 0 Å². The summed E-state index contributed by atoms with van der Waals surface area (Å²) in [5.74, 6) is 0.364. The molecule has 160 valence electrons. The van der Waals surface area contributed by atoms with Gasteiger partial charge >= 0.3 is 0 Å². The highest BCUT2D eigenvalue weighted by atomic mass is 32.2. The fourth-order valence-corrected chi connectivity index (χ4v) is 5.21. The molecular formula is C21H27N5OS3. The molecule has 0 unspecified atom stereocenters. The van der Waals surface area contributed by atoms with Crippen molar-refractivity contribution >= 4 is 51.2 Å². The fraction of sp³-hybridized carbons (Fsp3) is 0.381. The van der Waals surface area contributed by atoms with E-state index in [4.69, 9.17) is 0 Å². The number of carbonyl (C=O) groups is 1. The standard InChI is InChI=1S/C21H27N5OS3/c1-3-26(17-7-4-6-16(2)14-17)12-11-22-19(27)15-29-21-25-24-20(30-21)23-10-9-18-8-5-13-28-18/h4-8,13-14H,3,9-12,15H2,1-2H3,(H,22,27)(H,23,24). The lowest BCUT2D eigenvalue weighted by Gasteiger charge is -2.23. The number of rotatable bonds is 12. The summed E-state index contributed by atoms with van der Waals surface area (Å²) in [6.45, 7) is 7.35. The Bertz CT molecular complexity index is 913. The number of nitrogens with one attached hydrogen (secondary N) is 2. The van der Waals surface area contributed by atoms with Crippen molar-refractivity contribution in [3.8, 4) is 0 Å². The van der Waals surface area contributed by atoms with Crippen molar-refractivity contribution in [2.24, 2.45) is 0 Å². The van der Waals surface area contributed by atoms with Crippen LogP contribution in [0.3, 0.4) is 0 Å². The third-order valence-corrected chi connectivity index (χ3v) is 7.36. The predicted octanol–water partition coefficient (Wildman–Crippen LogP) is 4.30. The second-order valence-corrected chi connectivity index (χ2v) is 9.92. The van der Waals surface area contributed by atoms with Crippen LogP contribution in [-0.4, -0.2) is 48.0 Å². The molecule has 0 spiro atoms. The second kappa shape index (κ2) is 11.9. The maximum Gasteiger partial charge on any atom is 0.230 e. The number of thioether (sulfide) groups is 1. The van der Waals surface area contributed by atoms with Crippen molar-refractivity contribution in [3.05, 3.63) is 52.2 Å². The van der Waals surface area contributed by atoms with Crippen LogP contribution in [0.2, 0.25) is 0 Å². The van der Waals surface area contributed by atoms with E-state index in [0.29, 0.717) is 12.3 Å². The van der Waals surface area contributed by atoms with Crippen LogP contribution >= 0.6 is 34.4 Å². The normalized spacial score (nSPS) is 10.7. The molecule has 0 fully saturated rings. The second-order valence-electron chi connectivity index (χ2n) is 6.69. The van der Waals surface area contributed by atoms with Crippen molar-refractivity contribution in [1.82, 2.24) is 15.5 Å². The number of anilines is 2. The van der Waals surface area contributed by atoms with Gasteiger partial charge in [-0.1, -0.05) is 41.3 Å². The molecule has 0 saturated heterocycles. The molecule has 0 saturated carbocycles. The van der Waals surface area contributed by atoms with E-state index in [1.54, 1.807) is 11.3 Å². The monoisotopic (exact) mass is 461 g/mol. The van der Waals surface area contributed by atoms with E-state index in [2.05, 4.69) is 81.4 Å². The first kappa shape index (κ1) is 22.6. The minimum Gasteiger partial charge on any atom is -0.370 e. The smallest absolute Gasteiger partial charge is 0.230 e. The summed E-state index contributed by atoms with van der Waals surface area (Å²) in [6, 6.07) is 12.6. The van der Waals surface area contributed by atoms with Crippen LogP contribution in [0.5, 0.6) is 0 Å². The first-order valence-corrected chi connectivity index (χ1v) is 12.6. The lowest BCUT2D eigenvalue weighted by Crippen LogP contribution is -2.35. The molecular weight excluding hydrogens is 434 g/mol. The molecule has 9 heteroatoms. The number of benzene rings is 1. The van der Waals surface area contributed by atoms with E-state index in [0.717, 1.165) is 35.5 Å². The number of hydrogen-bond donors (Lipinski definition) is 2. The number of carbonyl (C=O) groups excluding carboxylic acids is 1. The number of likely N-dealkylation sites (N-methyl/N-ethyl adjacent to an activating group) is 1. The Kier molecular flexibility index (Phi) is 8.98. The summed E-state index contributed by atoms with van der Waals surface area (Å²) in [6.07, 6.45) is 0.972. The van der Waals surface area contributed by atoms with Gasteiger partial charge in [-0.3, -0.25) is 4.79 Å². The van der Waals surface area contributed by atoms with Crippen LogP contribution in [0.1, 0.15) is 17.4 Å². The van der Waals surface area contributed by atoms with Crippen LogP contribution in [0.25, 0.3) is 0 Å². The number of nitrogens with zero attached hydrogens (tertiary/aromatic N) is 3. The molecule has 2 heterocycles. The molecule has 0 aliphatic rings. The van der Waals surface area contributed by atoms with E-state index in [1.165, 1.54) is 39.2 Å². The van der Waals surface area contributed by atoms with Gasteiger partial charge in [0, 0.05) is 36.7 Å². The van der Waals surface area contributed by atoms with E-state index in [-0.39, 0.29) is 5.91 Å². The first-order valence-electron chi connectivity index (χ1n) is 9.95. The Balaban J connectivity index is 1.34. The summed E-state index contributed by atoms with van der Waals surface area (Å²) in [5, 5.41) is 17.5. The molecule has 2 aromatic heterocycles. The summed E-state index contributed by atoms with van der Waals surface area (Å²) < 4.78 is 0.804. The first-order chi connectivity index (χ1) is 14.6. The van der Waals surface area contributed by atoms with E-state index < -0.39 is 0 Å². The Hall–Kier alpha value is -2.10. The largest absolute Gasteiger partial charge is 0.370 e. The third-order valence-electron chi connectivity index (χ3n) is 4.41. The van der Waals surface area contributed by atoms with Gasteiger partial charge in [0.15, 0.2) is 4.34 Å². The average molecular weight is 462 g/mol. The fourth-order valence-electron chi connectivity index (χ4n) is 2.89. The molecule has 0 radical (unpaired) electrons. The number of hydrogen-bond acceptors (Lipinski definition) is 8. The number of thiophene rings is 1. The zero-order valence-corrected chi connectivity index (χ0v) is 19.7. The maximum atomic E-state index is 12.2. The average Bonchev–Trinajstić information content (AvgIpc) is 3.42. The Morgan fingerprint density at radius 3 is 2.87 bits per heavy atom. The van der Waals surface area contributed by atoms with Crippen LogP contribution in [0, 0.1) is 6.92 Å². The minimum atomic E-state index is 0.0164. The molecule has 2 N–H and O–H groups in total. The SMILES string of the molecule is CCN(CCNC(=O)CSc1nnc(NCCc2cccs2)s1)c1cccc(C)c1. The summed E-state index contributed by atoms with van der Waals surface area (Å²) in [5.41, 5.74) is 2.43. The molecule has 6 nitrogen and oxygen atoms in total. The van der Waals surface area contributed by atoms with E-state index in [9.17, 15) is 4.79 Å². The van der Waals surface area contributed by atoms with E-state index in [1.807, 2.05) is 0 Å². The van der Waals surface area contributed by atoms with Gasteiger partial charge in [0.25, 0.3) is 0 Å². The minimum absolute atomic E-state index is 0.0164. The molecule has 3 aromatic rings. The molecule has 1 aromatic carbocycles. The highest BCUT2D eigenvalue weighted by molar-refractivity contribution is 8.01. The lowest BCUT2D eigenvalue weighted by atomic mass is 10.2. The highest BCUT2D eigenvalue weighted by Crippen LogP contribution is 2.25. The quantitative estimate of drug-likeness (QED) is 0.392.